The largest absolute Gasteiger partial charge is 0.367 e. The molecule has 3 N–H and O–H groups in total. The van der Waals surface area contributed by atoms with E-state index in [1.54, 1.807) is 0 Å². The number of halogens is 3. The summed E-state index contributed by atoms with van der Waals surface area (Å²) in [4.78, 5) is 9.67. The minimum atomic E-state index is 0. The molecule has 3 aromatic rings. The fourth-order valence-corrected chi connectivity index (χ4v) is 4.04. The molecular weight excluding hydrogens is 463 g/mol. The van der Waals surface area contributed by atoms with Gasteiger partial charge >= 0.3 is 0 Å². The standard InChI is InChI=1S/C25H29ClN4.2ClH/c1-16(2)18-6-13-23-22(15-18)25(28-21-11-9-20(27)10-12-21)30-24(29-23)14-5-17-3-7-19(26)8-4-17;;/h3-8,13-16,20-21H,9-12,27H2,1-2H3,(H,28,29,30);2*1H/b14-5-;;. The van der Waals surface area contributed by atoms with Crippen molar-refractivity contribution in [2.24, 2.45) is 5.73 Å². The molecule has 0 radical (unpaired) electrons. The molecule has 7 heteroatoms. The first-order chi connectivity index (χ1) is 14.5. The van der Waals surface area contributed by atoms with E-state index in [4.69, 9.17) is 27.3 Å². The molecule has 1 heterocycles. The lowest BCUT2D eigenvalue weighted by atomic mass is 9.91. The number of nitrogens with two attached hydrogens (primary N) is 1. The summed E-state index contributed by atoms with van der Waals surface area (Å²) < 4.78 is 0. The number of rotatable bonds is 5. The van der Waals surface area contributed by atoms with E-state index in [9.17, 15) is 0 Å². The Kier molecular flexibility index (Phi) is 9.78. The smallest absolute Gasteiger partial charge is 0.154 e. The molecule has 4 rings (SSSR count). The monoisotopic (exact) mass is 492 g/mol. The van der Waals surface area contributed by atoms with Gasteiger partial charge in [-0.2, -0.15) is 0 Å². The maximum atomic E-state index is 6.09. The zero-order valence-corrected chi connectivity index (χ0v) is 20.8. The van der Waals surface area contributed by atoms with Gasteiger partial charge in [-0.15, -0.1) is 24.8 Å². The first-order valence-electron chi connectivity index (χ1n) is 10.8. The predicted octanol–water partition coefficient (Wildman–Crippen LogP) is 7.10. The summed E-state index contributed by atoms with van der Waals surface area (Å²) in [7, 11) is 0. The molecule has 32 heavy (non-hydrogen) atoms. The van der Waals surface area contributed by atoms with Crippen molar-refractivity contribution in [3.63, 3.8) is 0 Å². The topological polar surface area (TPSA) is 63.8 Å². The average molecular weight is 494 g/mol. The molecule has 2 aromatic carbocycles. The Morgan fingerprint density at radius 3 is 2.31 bits per heavy atom. The van der Waals surface area contributed by atoms with Crippen LogP contribution in [0.3, 0.4) is 0 Å². The number of nitrogens with one attached hydrogen (secondary N) is 1. The van der Waals surface area contributed by atoms with Crippen molar-refractivity contribution in [1.29, 1.82) is 0 Å². The van der Waals surface area contributed by atoms with Crippen LogP contribution < -0.4 is 11.1 Å². The molecule has 0 spiro atoms. The summed E-state index contributed by atoms with van der Waals surface area (Å²) in [6.07, 6.45) is 8.24. The van der Waals surface area contributed by atoms with Gasteiger partial charge in [-0.3, -0.25) is 0 Å². The average Bonchev–Trinajstić information content (AvgIpc) is 2.74. The van der Waals surface area contributed by atoms with Crippen molar-refractivity contribution in [2.45, 2.75) is 57.5 Å². The summed E-state index contributed by atoms with van der Waals surface area (Å²) in [6.45, 7) is 4.42. The number of hydrogen-bond donors (Lipinski definition) is 2. The lowest BCUT2D eigenvalue weighted by Crippen LogP contribution is -2.33. The number of benzene rings is 2. The molecule has 0 atom stereocenters. The molecule has 1 fully saturated rings. The van der Waals surface area contributed by atoms with E-state index in [1.807, 2.05) is 36.4 Å². The van der Waals surface area contributed by atoms with Crippen molar-refractivity contribution in [3.05, 3.63) is 64.4 Å². The van der Waals surface area contributed by atoms with Crippen LogP contribution >= 0.6 is 36.4 Å². The summed E-state index contributed by atoms with van der Waals surface area (Å²) in [5, 5.41) is 5.51. The van der Waals surface area contributed by atoms with Gasteiger partial charge in [0.15, 0.2) is 5.82 Å². The number of anilines is 1. The molecule has 1 saturated carbocycles. The van der Waals surface area contributed by atoms with E-state index in [0.29, 0.717) is 23.8 Å². The van der Waals surface area contributed by atoms with Crippen LogP contribution in [0.2, 0.25) is 5.02 Å². The van der Waals surface area contributed by atoms with E-state index in [1.165, 1.54) is 5.56 Å². The number of hydrogen-bond acceptors (Lipinski definition) is 4. The van der Waals surface area contributed by atoms with E-state index in [2.05, 4.69) is 37.4 Å². The van der Waals surface area contributed by atoms with Crippen molar-refractivity contribution in [1.82, 2.24) is 9.97 Å². The number of nitrogens with zero attached hydrogens (tertiary/aromatic N) is 2. The SMILES string of the molecule is CC(C)c1ccc2nc(/C=C\c3ccc(Cl)cc3)nc(NC3CCC(N)CC3)c2c1.Cl.Cl. The van der Waals surface area contributed by atoms with Crippen molar-refractivity contribution in [3.8, 4) is 0 Å². The van der Waals surface area contributed by atoms with Gasteiger partial charge < -0.3 is 11.1 Å². The second-order valence-electron chi connectivity index (χ2n) is 8.50. The van der Waals surface area contributed by atoms with E-state index in [-0.39, 0.29) is 24.8 Å². The highest BCUT2D eigenvalue weighted by Gasteiger charge is 2.20. The van der Waals surface area contributed by atoms with Gasteiger partial charge in [0.2, 0.25) is 0 Å². The van der Waals surface area contributed by atoms with Crippen LogP contribution in [0.5, 0.6) is 0 Å². The van der Waals surface area contributed by atoms with Crippen LogP contribution in [0.15, 0.2) is 42.5 Å². The van der Waals surface area contributed by atoms with Gasteiger partial charge in [-0.05, 0) is 73.1 Å². The quantitative estimate of drug-likeness (QED) is 0.398. The summed E-state index contributed by atoms with van der Waals surface area (Å²) >= 11 is 5.99. The fraction of sp³-hybridized carbons (Fsp3) is 0.360. The first kappa shape index (κ1) is 26.4. The molecule has 1 aliphatic rings. The number of fused-ring (bicyclic) bond motifs is 1. The highest BCUT2D eigenvalue weighted by molar-refractivity contribution is 6.30. The van der Waals surface area contributed by atoms with E-state index in [0.717, 1.165) is 53.0 Å². The third-order valence-electron chi connectivity index (χ3n) is 5.81. The van der Waals surface area contributed by atoms with Gasteiger partial charge in [-0.25, -0.2) is 9.97 Å². The van der Waals surface area contributed by atoms with Crippen LogP contribution in [-0.2, 0) is 0 Å². The summed E-state index contributed by atoms with van der Waals surface area (Å²) in [6, 6.07) is 15.0. The molecule has 4 nitrogen and oxygen atoms in total. The van der Waals surface area contributed by atoms with Crippen molar-refractivity contribution >= 4 is 65.3 Å². The van der Waals surface area contributed by atoms with Gasteiger partial charge in [0.25, 0.3) is 0 Å². The summed E-state index contributed by atoms with van der Waals surface area (Å²) in [5.74, 6) is 2.07. The maximum Gasteiger partial charge on any atom is 0.154 e. The lowest BCUT2D eigenvalue weighted by Gasteiger charge is -2.27. The second-order valence-corrected chi connectivity index (χ2v) is 8.94. The van der Waals surface area contributed by atoms with Gasteiger partial charge in [0.1, 0.15) is 5.82 Å². The van der Waals surface area contributed by atoms with Crippen LogP contribution in [0.1, 0.15) is 62.4 Å². The zero-order valence-electron chi connectivity index (χ0n) is 18.4. The molecule has 1 aliphatic carbocycles. The van der Waals surface area contributed by atoms with Gasteiger partial charge in [-0.1, -0.05) is 49.7 Å². The highest BCUT2D eigenvalue weighted by atomic mass is 35.5. The predicted molar refractivity (Wildman–Crippen MR) is 142 cm³/mol. The Morgan fingerprint density at radius 2 is 1.66 bits per heavy atom. The highest BCUT2D eigenvalue weighted by Crippen LogP contribution is 2.28. The third-order valence-corrected chi connectivity index (χ3v) is 6.06. The molecule has 0 saturated heterocycles. The lowest BCUT2D eigenvalue weighted by molar-refractivity contribution is 0.410. The Balaban J connectivity index is 0.00000181. The summed E-state index contributed by atoms with van der Waals surface area (Å²) in [5.41, 5.74) is 9.41. The molecule has 172 valence electrons. The van der Waals surface area contributed by atoms with Crippen LogP contribution in [0.25, 0.3) is 23.1 Å². The van der Waals surface area contributed by atoms with Crippen molar-refractivity contribution < 1.29 is 0 Å². The van der Waals surface area contributed by atoms with E-state index >= 15 is 0 Å². The van der Waals surface area contributed by atoms with Gasteiger partial charge in [0.05, 0.1) is 5.52 Å². The number of aromatic nitrogens is 2. The van der Waals surface area contributed by atoms with Crippen LogP contribution in [-0.4, -0.2) is 22.1 Å². The molecule has 0 unspecified atom stereocenters. The fourth-order valence-electron chi connectivity index (χ4n) is 3.91. The van der Waals surface area contributed by atoms with Crippen molar-refractivity contribution in [2.75, 3.05) is 5.32 Å². The van der Waals surface area contributed by atoms with Gasteiger partial charge in [0, 0.05) is 22.5 Å². The van der Waals surface area contributed by atoms with Crippen LogP contribution in [0.4, 0.5) is 5.82 Å². The first-order valence-corrected chi connectivity index (χ1v) is 11.1. The maximum absolute atomic E-state index is 6.09. The minimum Gasteiger partial charge on any atom is -0.367 e. The molecule has 1 aromatic heterocycles. The van der Waals surface area contributed by atoms with Crippen LogP contribution in [0, 0.1) is 0 Å². The minimum absolute atomic E-state index is 0. The molecule has 0 bridgehead atoms. The molecule has 0 aliphatic heterocycles. The third kappa shape index (κ3) is 6.58. The Morgan fingerprint density at radius 1 is 0.969 bits per heavy atom. The molecule has 0 amide bonds. The Hall–Kier alpha value is -1.85. The molecular formula is C25H31Cl3N4. The van der Waals surface area contributed by atoms with E-state index < -0.39 is 0 Å². The zero-order chi connectivity index (χ0) is 21.1. The normalized spacial score (nSPS) is 18.4. The second kappa shape index (κ2) is 11.9. The Labute approximate surface area is 207 Å². The Bertz CT molecular complexity index is 1040.